The minimum Gasteiger partial charge on any atom is -0.466 e. The lowest BCUT2D eigenvalue weighted by atomic mass is 9.89. The maximum absolute atomic E-state index is 13.8. The van der Waals surface area contributed by atoms with Gasteiger partial charge in [-0.2, -0.15) is 0 Å². The van der Waals surface area contributed by atoms with Crippen molar-refractivity contribution in [1.29, 1.82) is 0 Å². The van der Waals surface area contributed by atoms with Gasteiger partial charge in [0.15, 0.2) is 18.8 Å². The van der Waals surface area contributed by atoms with E-state index in [0.717, 1.165) is 63.3 Å². The van der Waals surface area contributed by atoms with Gasteiger partial charge in [-0.05, 0) is 35.7 Å². The van der Waals surface area contributed by atoms with Crippen LogP contribution in [0.5, 0.6) is 0 Å². The van der Waals surface area contributed by atoms with E-state index in [0.29, 0.717) is 10.5 Å². The maximum atomic E-state index is 13.8. The van der Waals surface area contributed by atoms with Gasteiger partial charge in [-0.15, -0.1) is 0 Å². The van der Waals surface area contributed by atoms with E-state index < -0.39 is 96.6 Å². The molecule has 6 atom stereocenters. The first-order valence-corrected chi connectivity index (χ1v) is 18.8. The summed E-state index contributed by atoms with van der Waals surface area (Å²) in [6.07, 6.45) is -6.64. The number of amides is 2. The predicted octanol–water partition coefficient (Wildman–Crippen LogP) is 3.61. The van der Waals surface area contributed by atoms with Gasteiger partial charge in [0.05, 0.1) is 26.1 Å². The summed E-state index contributed by atoms with van der Waals surface area (Å²) in [4.78, 5) is 88.4. The molecule has 0 saturated carbocycles. The molecule has 1 fully saturated rings. The van der Waals surface area contributed by atoms with E-state index in [-0.39, 0.29) is 6.42 Å². The van der Waals surface area contributed by atoms with Gasteiger partial charge in [-0.3, -0.25) is 28.8 Å². The molecule has 0 radical (unpaired) electrons. The molecule has 1 saturated heterocycles. The summed E-state index contributed by atoms with van der Waals surface area (Å²) in [6, 6.07) is 22.7. The first kappa shape index (κ1) is 44.0. The molecule has 3 aromatic carbocycles. The number of benzene rings is 3. The standard InChI is InChI=1S/C41H46N2O13S/c1-24-12-18-32(19-13-24)57-41(40(50)51-6)21-33(53-26(3)45)37(43-36(49)23-52-25(2)44)39(56-41)38(55-28(5)47)34(54-27(4)46)22-42-35(48)20-29-14-16-31(17-15-29)30-10-8-7-9-11-30/h7-19,33-34,37-39H,20-23H2,1-6H3,(H,42,48)(H,43,49)/t33-,34+,37+,38+,39+,41-/m0/s1. The van der Waals surface area contributed by atoms with Crippen molar-refractivity contribution < 1.29 is 62.0 Å². The van der Waals surface area contributed by atoms with Crippen LogP contribution in [0.25, 0.3) is 11.1 Å². The van der Waals surface area contributed by atoms with Crippen molar-refractivity contribution in [3.05, 3.63) is 90.0 Å². The Labute approximate surface area is 334 Å². The van der Waals surface area contributed by atoms with E-state index >= 15 is 0 Å². The molecular weight excluding hydrogens is 761 g/mol. The fourth-order valence-electron chi connectivity index (χ4n) is 6.20. The first-order valence-electron chi connectivity index (χ1n) is 18.0. The highest BCUT2D eigenvalue weighted by molar-refractivity contribution is 8.01. The molecule has 2 amide bonds. The summed E-state index contributed by atoms with van der Waals surface area (Å²) in [5, 5.41) is 5.34. The summed E-state index contributed by atoms with van der Waals surface area (Å²) in [7, 11) is 1.13. The minimum absolute atomic E-state index is 0.0674. The topological polar surface area (TPSA) is 199 Å². The zero-order valence-electron chi connectivity index (χ0n) is 32.4. The molecule has 4 rings (SSSR count). The number of carbonyl (C=O) groups is 7. The van der Waals surface area contributed by atoms with Crippen molar-refractivity contribution in [1.82, 2.24) is 10.6 Å². The lowest BCUT2D eigenvalue weighted by Gasteiger charge is -2.48. The fraction of sp³-hybridized carbons (Fsp3) is 0.390. The Balaban J connectivity index is 1.74. The van der Waals surface area contributed by atoms with Crippen LogP contribution in [-0.2, 0) is 68.4 Å². The SMILES string of the molecule is COC(=O)[C@@]1(Sc2ccc(C)cc2)C[C@H](OC(C)=O)[C@@H](NC(=O)COC(C)=O)[C@H]([C@H](OC(C)=O)[C@@H](CNC(=O)Cc2ccc(-c3ccccc3)cc2)OC(C)=O)O1. The highest BCUT2D eigenvalue weighted by Gasteiger charge is 2.59. The number of esters is 5. The lowest BCUT2D eigenvalue weighted by Crippen LogP contribution is -2.68. The number of aryl methyl sites for hydroxylation is 1. The van der Waals surface area contributed by atoms with Crippen LogP contribution in [-0.4, -0.2) is 97.3 Å². The molecular formula is C41H46N2O13S. The van der Waals surface area contributed by atoms with Crippen molar-refractivity contribution in [2.75, 3.05) is 20.3 Å². The summed E-state index contributed by atoms with van der Waals surface area (Å²) in [6.45, 7) is 5.08. The Morgan fingerprint density at radius 3 is 2.00 bits per heavy atom. The molecule has 2 N–H and O–H groups in total. The van der Waals surface area contributed by atoms with Crippen molar-refractivity contribution in [3.8, 4) is 11.1 Å². The van der Waals surface area contributed by atoms with Crippen molar-refractivity contribution >= 4 is 53.4 Å². The van der Waals surface area contributed by atoms with Gasteiger partial charge in [0.1, 0.15) is 12.2 Å². The zero-order valence-corrected chi connectivity index (χ0v) is 33.3. The summed E-state index contributed by atoms with van der Waals surface area (Å²) in [5.74, 6) is -5.55. The highest BCUT2D eigenvalue weighted by Crippen LogP contribution is 2.46. The number of nitrogens with one attached hydrogen (secondary N) is 2. The van der Waals surface area contributed by atoms with Crippen LogP contribution in [0.4, 0.5) is 0 Å². The Morgan fingerprint density at radius 2 is 1.42 bits per heavy atom. The quantitative estimate of drug-likeness (QED) is 0.157. The van der Waals surface area contributed by atoms with Gasteiger partial charge in [-0.25, -0.2) is 4.79 Å². The molecule has 15 nitrogen and oxygen atoms in total. The molecule has 1 aliphatic rings. The van der Waals surface area contributed by atoms with Crippen molar-refractivity contribution in [3.63, 3.8) is 0 Å². The van der Waals surface area contributed by atoms with Gasteiger partial charge in [0.25, 0.3) is 5.91 Å². The normalized spacial score (nSPS) is 19.8. The first-order chi connectivity index (χ1) is 27.1. The molecule has 0 unspecified atom stereocenters. The Hall–Kier alpha value is -5.74. The van der Waals surface area contributed by atoms with Gasteiger partial charge < -0.3 is 39.1 Å². The Morgan fingerprint density at radius 1 is 0.789 bits per heavy atom. The van der Waals surface area contributed by atoms with E-state index in [9.17, 15) is 33.6 Å². The molecule has 0 bridgehead atoms. The second-order valence-corrected chi connectivity index (χ2v) is 14.6. The molecule has 1 heterocycles. The van der Waals surface area contributed by atoms with Crippen LogP contribution in [0.3, 0.4) is 0 Å². The van der Waals surface area contributed by atoms with E-state index in [1.807, 2.05) is 49.4 Å². The summed E-state index contributed by atoms with van der Waals surface area (Å²) in [5.41, 5.74) is 3.56. The lowest BCUT2D eigenvalue weighted by molar-refractivity contribution is -0.221. The Kier molecular flexibility index (Phi) is 15.8. The minimum atomic E-state index is -2.01. The largest absolute Gasteiger partial charge is 0.466 e. The zero-order chi connectivity index (χ0) is 41.7. The monoisotopic (exact) mass is 806 g/mol. The molecule has 1 aliphatic heterocycles. The second-order valence-electron chi connectivity index (χ2n) is 13.2. The molecule has 3 aromatic rings. The number of thioether (sulfide) groups is 1. The van der Waals surface area contributed by atoms with Crippen LogP contribution in [0.2, 0.25) is 0 Å². The molecule has 57 heavy (non-hydrogen) atoms. The van der Waals surface area contributed by atoms with E-state index in [4.69, 9.17) is 28.4 Å². The van der Waals surface area contributed by atoms with Crippen molar-refractivity contribution in [2.45, 2.75) is 87.7 Å². The summed E-state index contributed by atoms with van der Waals surface area (Å²) >= 11 is 0.916. The third-order valence-corrected chi connectivity index (χ3v) is 9.91. The number of hydrogen-bond acceptors (Lipinski definition) is 14. The third kappa shape index (κ3) is 12.9. The van der Waals surface area contributed by atoms with Crippen LogP contribution in [0.1, 0.15) is 45.2 Å². The van der Waals surface area contributed by atoms with Crippen LogP contribution < -0.4 is 10.6 Å². The summed E-state index contributed by atoms with van der Waals surface area (Å²) < 4.78 is 33.8. The number of hydrogen-bond donors (Lipinski definition) is 2. The van der Waals surface area contributed by atoms with Crippen molar-refractivity contribution in [2.24, 2.45) is 0 Å². The molecule has 0 aliphatic carbocycles. The maximum Gasteiger partial charge on any atom is 0.349 e. The van der Waals surface area contributed by atoms with E-state index in [2.05, 4.69) is 10.6 Å². The smallest absolute Gasteiger partial charge is 0.349 e. The third-order valence-electron chi connectivity index (χ3n) is 8.64. The number of carbonyl (C=O) groups excluding carboxylic acids is 7. The van der Waals surface area contributed by atoms with Gasteiger partial charge in [-0.1, -0.05) is 84.1 Å². The van der Waals surface area contributed by atoms with Crippen LogP contribution in [0.15, 0.2) is 83.8 Å². The predicted molar refractivity (Wildman–Crippen MR) is 205 cm³/mol. The van der Waals surface area contributed by atoms with Gasteiger partial charge >= 0.3 is 29.8 Å². The fourth-order valence-corrected chi connectivity index (χ4v) is 7.42. The van der Waals surface area contributed by atoms with Crippen LogP contribution in [0, 0.1) is 6.92 Å². The molecule has 16 heteroatoms. The molecule has 304 valence electrons. The molecule has 0 spiro atoms. The van der Waals surface area contributed by atoms with Crippen LogP contribution >= 0.6 is 11.8 Å². The number of ether oxygens (including phenoxy) is 6. The number of rotatable bonds is 16. The van der Waals surface area contributed by atoms with Gasteiger partial charge in [0, 0.05) is 39.0 Å². The van der Waals surface area contributed by atoms with E-state index in [1.165, 1.54) is 0 Å². The van der Waals surface area contributed by atoms with Gasteiger partial charge in [0.2, 0.25) is 10.8 Å². The second kappa shape index (κ2) is 20.4. The Bertz CT molecular complexity index is 1910. The average molecular weight is 807 g/mol. The average Bonchev–Trinajstić information content (AvgIpc) is 3.16. The highest BCUT2D eigenvalue weighted by atomic mass is 32.2. The molecule has 0 aromatic heterocycles. The van der Waals surface area contributed by atoms with E-state index in [1.54, 1.807) is 36.4 Å². The number of methoxy groups -OCH3 is 1.